The Morgan fingerprint density at radius 3 is 2.50 bits per heavy atom. The van der Waals surface area contributed by atoms with Crippen LogP contribution in [0, 0.1) is 0 Å². The largest absolute Gasteiger partial charge is 0.311 e. The summed E-state index contributed by atoms with van der Waals surface area (Å²) in [6, 6.07) is 9.79. The molecule has 1 N–H and O–H groups in total. The van der Waals surface area contributed by atoms with Gasteiger partial charge in [-0.2, -0.15) is 11.8 Å². The maximum absolute atomic E-state index is 6.25. The van der Waals surface area contributed by atoms with E-state index in [0.29, 0.717) is 5.92 Å². The van der Waals surface area contributed by atoms with Crippen molar-refractivity contribution in [1.29, 1.82) is 0 Å². The Bertz CT molecular complexity index is 397. The van der Waals surface area contributed by atoms with E-state index >= 15 is 0 Å². The summed E-state index contributed by atoms with van der Waals surface area (Å²) >= 11 is 8.34. The highest BCUT2D eigenvalue weighted by atomic mass is 35.5. The van der Waals surface area contributed by atoms with Crippen LogP contribution in [-0.2, 0) is 0 Å². The van der Waals surface area contributed by atoms with Crippen LogP contribution in [0.25, 0.3) is 0 Å². The van der Waals surface area contributed by atoms with Gasteiger partial charge in [0.25, 0.3) is 0 Å². The number of benzene rings is 1. The predicted octanol–water partition coefficient (Wildman–Crippen LogP) is 4.07. The van der Waals surface area contributed by atoms with Crippen LogP contribution in [0.2, 0.25) is 5.02 Å². The molecular weight excluding hydrogens is 262 g/mol. The third-order valence-electron chi connectivity index (χ3n) is 4.18. The first-order valence-corrected chi connectivity index (χ1v) is 8.44. The molecule has 3 rings (SSSR count). The summed E-state index contributed by atoms with van der Waals surface area (Å²) < 4.78 is 0. The SMILES string of the molecule is Clc1ccccc1C1CC(NC2CCSCC2)C1. The first-order valence-electron chi connectivity index (χ1n) is 6.91. The minimum absolute atomic E-state index is 0.675. The van der Waals surface area contributed by atoms with E-state index in [1.54, 1.807) is 0 Å². The molecule has 1 aromatic carbocycles. The molecule has 1 aliphatic heterocycles. The Kier molecular flexibility index (Phi) is 4.17. The fourth-order valence-corrected chi connectivity index (χ4v) is 4.41. The summed E-state index contributed by atoms with van der Waals surface area (Å²) in [4.78, 5) is 0. The van der Waals surface area contributed by atoms with E-state index in [4.69, 9.17) is 11.6 Å². The third-order valence-corrected chi connectivity index (χ3v) is 5.57. The number of hydrogen-bond donors (Lipinski definition) is 1. The maximum atomic E-state index is 6.25. The summed E-state index contributed by atoms with van der Waals surface area (Å²) in [6.07, 6.45) is 5.20. The molecule has 1 saturated carbocycles. The fourth-order valence-electron chi connectivity index (χ4n) is 3.01. The topological polar surface area (TPSA) is 12.0 Å². The van der Waals surface area contributed by atoms with Gasteiger partial charge in [-0.25, -0.2) is 0 Å². The molecule has 18 heavy (non-hydrogen) atoms. The molecule has 0 atom stereocenters. The van der Waals surface area contributed by atoms with E-state index in [1.165, 1.54) is 42.8 Å². The molecular formula is C15H20ClNS. The lowest BCUT2D eigenvalue weighted by molar-refractivity contribution is 0.258. The van der Waals surface area contributed by atoms with Crippen LogP contribution < -0.4 is 5.32 Å². The fraction of sp³-hybridized carbons (Fsp3) is 0.600. The van der Waals surface area contributed by atoms with Crippen molar-refractivity contribution in [1.82, 2.24) is 5.32 Å². The average molecular weight is 282 g/mol. The van der Waals surface area contributed by atoms with Crippen molar-refractivity contribution in [3.05, 3.63) is 34.9 Å². The Labute approximate surface area is 119 Å². The molecule has 2 aliphatic rings. The van der Waals surface area contributed by atoms with Crippen LogP contribution in [0.3, 0.4) is 0 Å². The minimum atomic E-state index is 0.675. The van der Waals surface area contributed by atoms with Crippen molar-refractivity contribution in [3.8, 4) is 0 Å². The summed E-state index contributed by atoms with van der Waals surface area (Å²) in [7, 11) is 0. The first kappa shape index (κ1) is 12.8. The molecule has 1 aliphatic carbocycles. The lowest BCUT2D eigenvalue weighted by Crippen LogP contribution is -2.46. The molecule has 0 aromatic heterocycles. The Balaban J connectivity index is 1.49. The molecule has 1 saturated heterocycles. The average Bonchev–Trinajstić information content (AvgIpc) is 2.36. The molecule has 0 spiro atoms. The standard InChI is InChI=1S/C15H20ClNS/c16-15-4-2-1-3-14(15)11-9-13(10-11)17-12-5-7-18-8-6-12/h1-4,11-13,17H,5-10H2. The molecule has 2 fully saturated rings. The number of rotatable bonds is 3. The normalized spacial score (nSPS) is 28.9. The Morgan fingerprint density at radius 1 is 1.06 bits per heavy atom. The van der Waals surface area contributed by atoms with Gasteiger partial charge in [0.1, 0.15) is 0 Å². The molecule has 98 valence electrons. The van der Waals surface area contributed by atoms with Crippen molar-refractivity contribution in [2.75, 3.05) is 11.5 Å². The second kappa shape index (κ2) is 5.85. The van der Waals surface area contributed by atoms with E-state index in [-0.39, 0.29) is 0 Å². The monoisotopic (exact) mass is 281 g/mol. The second-order valence-corrected chi connectivity index (χ2v) is 7.07. The van der Waals surface area contributed by atoms with Crippen LogP contribution in [0.4, 0.5) is 0 Å². The van der Waals surface area contributed by atoms with Crippen molar-refractivity contribution in [3.63, 3.8) is 0 Å². The molecule has 0 unspecified atom stereocenters. The summed E-state index contributed by atoms with van der Waals surface area (Å²) in [5.74, 6) is 3.34. The Morgan fingerprint density at radius 2 is 1.78 bits per heavy atom. The van der Waals surface area contributed by atoms with Crippen LogP contribution in [-0.4, -0.2) is 23.6 Å². The molecule has 1 aromatic rings. The zero-order chi connectivity index (χ0) is 12.4. The molecule has 0 amide bonds. The lowest BCUT2D eigenvalue weighted by Gasteiger charge is -2.40. The van der Waals surface area contributed by atoms with Gasteiger partial charge in [0, 0.05) is 17.1 Å². The smallest absolute Gasteiger partial charge is 0.0440 e. The highest BCUT2D eigenvalue weighted by Gasteiger charge is 2.32. The second-order valence-electron chi connectivity index (χ2n) is 5.44. The van der Waals surface area contributed by atoms with Gasteiger partial charge in [-0.1, -0.05) is 29.8 Å². The molecule has 1 nitrogen and oxygen atoms in total. The zero-order valence-corrected chi connectivity index (χ0v) is 12.1. The van der Waals surface area contributed by atoms with Crippen LogP contribution in [0.15, 0.2) is 24.3 Å². The summed E-state index contributed by atoms with van der Waals surface area (Å²) in [6.45, 7) is 0. The van der Waals surface area contributed by atoms with Crippen LogP contribution in [0.5, 0.6) is 0 Å². The highest BCUT2D eigenvalue weighted by Crippen LogP contribution is 2.40. The van der Waals surface area contributed by atoms with Crippen LogP contribution in [0.1, 0.15) is 37.2 Å². The van der Waals surface area contributed by atoms with Gasteiger partial charge in [-0.05, 0) is 54.7 Å². The molecule has 3 heteroatoms. The highest BCUT2D eigenvalue weighted by molar-refractivity contribution is 7.99. The van der Waals surface area contributed by atoms with Gasteiger partial charge < -0.3 is 5.32 Å². The summed E-state index contributed by atoms with van der Waals surface area (Å²) in [5, 5.41) is 4.76. The maximum Gasteiger partial charge on any atom is 0.0440 e. The first-order chi connectivity index (χ1) is 8.83. The van der Waals surface area contributed by atoms with Crippen molar-refractivity contribution in [2.24, 2.45) is 0 Å². The van der Waals surface area contributed by atoms with E-state index in [1.807, 2.05) is 12.1 Å². The van der Waals surface area contributed by atoms with Gasteiger partial charge in [0.15, 0.2) is 0 Å². The van der Waals surface area contributed by atoms with Crippen molar-refractivity contribution >= 4 is 23.4 Å². The third kappa shape index (κ3) is 2.87. The van der Waals surface area contributed by atoms with Gasteiger partial charge in [-0.3, -0.25) is 0 Å². The number of nitrogens with one attached hydrogen (secondary N) is 1. The number of halogens is 1. The molecule has 1 heterocycles. The van der Waals surface area contributed by atoms with E-state index < -0.39 is 0 Å². The molecule has 0 bridgehead atoms. The van der Waals surface area contributed by atoms with Crippen LogP contribution >= 0.6 is 23.4 Å². The van der Waals surface area contributed by atoms with Crippen molar-refractivity contribution in [2.45, 2.75) is 43.7 Å². The van der Waals surface area contributed by atoms with Gasteiger partial charge >= 0.3 is 0 Å². The molecule has 0 radical (unpaired) electrons. The zero-order valence-electron chi connectivity index (χ0n) is 10.6. The predicted molar refractivity (Wildman–Crippen MR) is 80.7 cm³/mol. The van der Waals surface area contributed by atoms with Crippen molar-refractivity contribution < 1.29 is 0 Å². The van der Waals surface area contributed by atoms with E-state index in [2.05, 4.69) is 29.2 Å². The van der Waals surface area contributed by atoms with Gasteiger partial charge in [-0.15, -0.1) is 0 Å². The Hall–Kier alpha value is -0.180. The van der Waals surface area contributed by atoms with Gasteiger partial charge in [0.05, 0.1) is 0 Å². The number of hydrogen-bond acceptors (Lipinski definition) is 2. The van der Waals surface area contributed by atoms with E-state index in [0.717, 1.165) is 17.1 Å². The van der Waals surface area contributed by atoms with Gasteiger partial charge in [0.2, 0.25) is 0 Å². The lowest BCUT2D eigenvalue weighted by atomic mass is 9.75. The van der Waals surface area contributed by atoms with E-state index in [9.17, 15) is 0 Å². The quantitative estimate of drug-likeness (QED) is 0.896. The number of thioether (sulfide) groups is 1. The summed E-state index contributed by atoms with van der Waals surface area (Å²) in [5.41, 5.74) is 1.34. The minimum Gasteiger partial charge on any atom is -0.311 e.